The molecule has 0 fully saturated rings. The molecule has 1 N–H and O–H groups in total. The van der Waals surface area contributed by atoms with Crippen molar-refractivity contribution in [2.75, 3.05) is 0 Å². The van der Waals surface area contributed by atoms with Gasteiger partial charge in [-0.2, -0.15) is 0 Å². The predicted octanol–water partition coefficient (Wildman–Crippen LogP) is 0.387. The molecule has 0 aliphatic heterocycles. The van der Waals surface area contributed by atoms with Crippen molar-refractivity contribution in [2.24, 2.45) is 0 Å². The van der Waals surface area contributed by atoms with E-state index in [1.54, 1.807) is 0 Å². The van der Waals surface area contributed by atoms with E-state index in [2.05, 4.69) is 4.98 Å². The van der Waals surface area contributed by atoms with Crippen LogP contribution >= 0.6 is 0 Å². The van der Waals surface area contributed by atoms with Crippen LogP contribution in [0.5, 0.6) is 0 Å². The van der Waals surface area contributed by atoms with Crippen molar-refractivity contribution < 1.29 is 8.22 Å². The number of H-pyrrole nitrogens is 1. The molecule has 0 aliphatic carbocycles. The van der Waals surface area contributed by atoms with Crippen LogP contribution in [0.25, 0.3) is 0 Å². The van der Waals surface area contributed by atoms with Gasteiger partial charge in [0, 0.05) is 20.0 Å². The normalized spacial score (nSPS) is 22.2. The lowest BCUT2D eigenvalue weighted by Crippen LogP contribution is -2.08. The van der Waals surface area contributed by atoms with Crippen LogP contribution in [0.2, 0.25) is 0 Å². The van der Waals surface area contributed by atoms with Crippen molar-refractivity contribution in [3.8, 4) is 0 Å². The largest absolute Gasteiger partial charge is 0.311 e. The maximum atomic E-state index is 11.0. The number of aryl methyl sites for hydroxylation is 2. The summed E-state index contributed by atoms with van der Waals surface area (Å²) in [5, 5.41) is 0. The molecule has 0 spiro atoms. The first-order chi connectivity index (χ1) is 6.60. The molecule has 9 heavy (non-hydrogen) atoms. The molecule has 1 aromatic rings. The molecule has 0 unspecified atom stereocenters. The van der Waals surface area contributed by atoms with Gasteiger partial charge >= 0.3 is 0 Å². The van der Waals surface area contributed by atoms with Gasteiger partial charge < -0.3 is 4.98 Å². The van der Waals surface area contributed by atoms with Gasteiger partial charge in [0.1, 0.15) is 5.82 Å². The maximum absolute atomic E-state index is 11.0. The number of hydrogen-bond acceptors (Lipinski definition) is 2. The molecule has 1 heterocycles. The summed E-state index contributed by atoms with van der Waals surface area (Å²) in [5.74, 6) is -0.610. The lowest BCUT2D eigenvalue weighted by molar-refractivity contribution is 0.982. The molecule has 0 bridgehead atoms. The van der Waals surface area contributed by atoms with E-state index in [1.165, 1.54) is 0 Å². The van der Waals surface area contributed by atoms with Gasteiger partial charge in [-0.1, -0.05) is 0 Å². The zero-order chi connectivity index (χ0) is 11.9. The monoisotopic (exact) mass is 130 g/mol. The number of aromatic amines is 1. The Balaban J connectivity index is 3.36. The maximum Gasteiger partial charge on any atom is 0.251 e. The minimum atomic E-state index is -2.62. The number of hydrogen-bond donors (Lipinski definition) is 1. The van der Waals surface area contributed by atoms with Crippen LogP contribution in [0.15, 0.2) is 10.9 Å². The van der Waals surface area contributed by atoms with Crippen LogP contribution < -0.4 is 5.56 Å². The van der Waals surface area contributed by atoms with Crippen molar-refractivity contribution in [3.63, 3.8) is 0 Å². The Labute approximate surface area is 61.2 Å². The van der Waals surface area contributed by atoms with Gasteiger partial charge in [-0.15, -0.1) is 0 Å². The van der Waals surface area contributed by atoms with Gasteiger partial charge in [-0.25, -0.2) is 4.98 Å². The second-order valence-electron chi connectivity index (χ2n) is 1.48. The Morgan fingerprint density at radius 3 is 3.33 bits per heavy atom. The highest BCUT2D eigenvalue weighted by Gasteiger charge is 1.88. The SMILES string of the molecule is [2H]C([2H])([2H])c1cc(=O)[nH]c(C([2H])([2H])[2H])n1. The molecule has 48 valence electrons. The van der Waals surface area contributed by atoms with Crippen molar-refractivity contribution in [2.45, 2.75) is 13.7 Å². The summed E-state index contributed by atoms with van der Waals surface area (Å²) in [6, 6.07) is 0.766. The summed E-state index contributed by atoms with van der Waals surface area (Å²) in [5.41, 5.74) is -1.31. The third-order valence-electron chi connectivity index (χ3n) is 0.742. The second-order valence-corrected chi connectivity index (χ2v) is 1.48. The average Bonchev–Trinajstić information content (AvgIpc) is 1.99. The van der Waals surface area contributed by atoms with Crippen LogP contribution in [0, 0.1) is 13.7 Å². The van der Waals surface area contributed by atoms with Gasteiger partial charge in [0.25, 0.3) is 5.56 Å². The molecule has 0 saturated carbocycles. The third-order valence-corrected chi connectivity index (χ3v) is 0.742. The Morgan fingerprint density at radius 2 is 2.67 bits per heavy atom. The highest BCUT2D eigenvalue weighted by Crippen LogP contribution is 1.84. The number of nitrogens with zero attached hydrogens (tertiary/aromatic N) is 1. The number of nitrogens with one attached hydrogen (secondary N) is 1. The summed E-state index contributed by atoms with van der Waals surface area (Å²) >= 11 is 0. The van der Waals surface area contributed by atoms with Crippen molar-refractivity contribution in [1.29, 1.82) is 0 Å². The number of rotatable bonds is 0. The van der Waals surface area contributed by atoms with Crippen LogP contribution in [0.4, 0.5) is 0 Å². The van der Waals surface area contributed by atoms with Crippen LogP contribution in [-0.2, 0) is 0 Å². The van der Waals surface area contributed by atoms with E-state index in [-0.39, 0.29) is 0 Å². The average molecular weight is 130 g/mol. The molecule has 0 amide bonds. The topological polar surface area (TPSA) is 45.8 Å². The van der Waals surface area contributed by atoms with Crippen molar-refractivity contribution in [3.05, 3.63) is 27.9 Å². The molecule has 3 nitrogen and oxygen atoms in total. The van der Waals surface area contributed by atoms with Crippen molar-refractivity contribution in [1.82, 2.24) is 9.97 Å². The molecular formula is C6H8N2O. The first-order valence-corrected chi connectivity index (χ1v) is 2.23. The molecule has 0 atom stereocenters. The van der Waals surface area contributed by atoms with E-state index in [0.29, 0.717) is 0 Å². The summed E-state index contributed by atoms with van der Waals surface area (Å²) in [6.07, 6.45) is 0. The fraction of sp³-hybridized carbons (Fsp3) is 0.333. The minimum absolute atomic E-state index is 0.516. The zero-order valence-electron chi connectivity index (χ0n) is 10.4. The lowest BCUT2D eigenvalue weighted by atomic mass is 10.4. The van der Waals surface area contributed by atoms with Crippen LogP contribution in [0.1, 0.15) is 19.7 Å². The molecule has 0 saturated heterocycles. The number of aromatic nitrogens is 2. The standard InChI is InChI=1S/C6H8N2O/c1-4-3-6(9)8-5(2)7-4/h3H,1-2H3,(H,7,8,9)/i1D3,2D3. The second kappa shape index (κ2) is 2.01. The van der Waals surface area contributed by atoms with Crippen molar-refractivity contribution >= 4 is 0 Å². The molecule has 3 heteroatoms. The Morgan fingerprint density at radius 1 is 1.78 bits per heavy atom. The fourth-order valence-corrected chi connectivity index (χ4v) is 0.458. The highest BCUT2D eigenvalue weighted by molar-refractivity contribution is 4.98. The van der Waals surface area contributed by atoms with Gasteiger partial charge in [-0.3, -0.25) is 4.79 Å². The third kappa shape index (κ3) is 1.38. The van der Waals surface area contributed by atoms with E-state index in [9.17, 15) is 4.79 Å². The van der Waals surface area contributed by atoms with E-state index in [0.717, 1.165) is 6.07 Å². The minimum Gasteiger partial charge on any atom is -0.311 e. The molecule has 1 rings (SSSR count). The summed E-state index contributed by atoms with van der Waals surface area (Å²) in [6.45, 7) is -5.21. The molecule has 1 aromatic heterocycles. The fourth-order valence-electron chi connectivity index (χ4n) is 0.458. The summed E-state index contributed by atoms with van der Waals surface area (Å²) in [4.78, 5) is 16.4. The van der Waals surface area contributed by atoms with E-state index in [1.807, 2.05) is 4.98 Å². The van der Waals surface area contributed by atoms with Gasteiger partial charge in [0.2, 0.25) is 0 Å². The predicted molar refractivity (Wildman–Crippen MR) is 34.3 cm³/mol. The zero-order valence-corrected chi connectivity index (χ0v) is 4.43. The Hall–Kier alpha value is -1.12. The first kappa shape index (κ1) is 1.94. The molecular weight excluding hydrogens is 116 g/mol. The van der Waals surface area contributed by atoms with Crippen LogP contribution in [0.3, 0.4) is 0 Å². The van der Waals surface area contributed by atoms with E-state index < -0.39 is 30.8 Å². The summed E-state index contributed by atoms with van der Waals surface area (Å²) in [7, 11) is 0. The molecule has 0 radical (unpaired) electrons. The smallest absolute Gasteiger partial charge is 0.251 e. The van der Waals surface area contributed by atoms with E-state index in [4.69, 9.17) is 8.22 Å². The van der Waals surface area contributed by atoms with Gasteiger partial charge in [-0.05, 0) is 13.7 Å². The Kier molecular flexibility index (Phi) is 0.432. The van der Waals surface area contributed by atoms with E-state index >= 15 is 0 Å². The van der Waals surface area contributed by atoms with Gasteiger partial charge in [0.05, 0.1) is 0 Å². The van der Waals surface area contributed by atoms with Gasteiger partial charge in [0.15, 0.2) is 0 Å². The van der Waals surface area contributed by atoms with Crippen LogP contribution in [-0.4, -0.2) is 9.97 Å². The highest BCUT2D eigenvalue weighted by atomic mass is 16.1. The Bertz CT molecular complexity index is 382. The summed E-state index contributed by atoms with van der Waals surface area (Å²) < 4.78 is 42.0. The lowest BCUT2D eigenvalue weighted by Gasteiger charge is -1.90. The quantitative estimate of drug-likeness (QED) is 0.552. The molecule has 0 aliphatic rings. The first-order valence-electron chi connectivity index (χ1n) is 5.23. The molecule has 0 aromatic carbocycles.